The number of carbonyl (C=O) groups excluding carboxylic acids is 1. The second-order valence-corrected chi connectivity index (χ2v) is 7.79. The van der Waals surface area contributed by atoms with Crippen molar-refractivity contribution in [2.24, 2.45) is 5.92 Å². The molecule has 2 heterocycles. The van der Waals surface area contributed by atoms with Crippen molar-refractivity contribution in [2.45, 2.75) is 26.3 Å². The Labute approximate surface area is 169 Å². The molecule has 29 heavy (non-hydrogen) atoms. The monoisotopic (exact) mass is 396 g/mol. The van der Waals surface area contributed by atoms with Gasteiger partial charge >= 0.3 is 0 Å². The van der Waals surface area contributed by atoms with Crippen LogP contribution >= 0.6 is 0 Å². The first-order chi connectivity index (χ1) is 13.9. The number of fused-ring (bicyclic) bond motifs is 1. The van der Waals surface area contributed by atoms with Crippen LogP contribution in [0.3, 0.4) is 0 Å². The molecule has 0 aromatic heterocycles. The number of rotatable bonds is 4. The van der Waals surface area contributed by atoms with Gasteiger partial charge in [0.05, 0.1) is 11.1 Å². The third kappa shape index (κ3) is 4.04. The third-order valence-corrected chi connectivity index (χ3v) is 5.49. The van der Waals surface area contributed by atoms with E-state index in [-0.39, 0.29) is 23.0 Å². The zero-order valence-corrected chi connectivity index (χ0v) is 16.2. The SMILES string of the molecule is C[C@@H]1CCCN(Cc2c(O)ccc3c2OC(=Cc2ccc([NH+]([O-])O)cc2)C3=O)C1. The van der Waals surface area contributed by atoms with E-state index in [1.807, 2.05) is 0 Å². The largest absolute Gasteiger partial charge is 0.595 e. The average molecular weight is 396 g/mol. The summed E-state index contributed by atoms with van der Waals surface area (Å²) in [6.07, 6.45) is 3.92. The Morgan fingerprint density at radius 3 is 2.72 bits per heavy atom. The molecule has 0 bridgehead atoms. The number of Topliss-reactive ketones (excluding diaryl/α,β-unsaturated/α-hetero) is 1. The molecule has 2 aliphatic rings. The Kier molecular flexibility index (Phi) is 5.38. The first-order valence-electron chi connectivity index (χ1n) is 9.77. The number of ketones is 1. The van der Waals surface area contributed by atoms with Crippen LogP contribution in [0.4, 0.5) is 5.69 Å². The number of nitrogens with one attached hydrogen (secondary N) is 1. The maximum Gasteiger partial charge on any atom is 0.231 e. The van der Waals surface area contributed by atoms with Crippen LogP contribution in [-0.2, 0) is 6.54 Å². The molecule has 2 atom stereocenters. The fourth-order valence-electron chi connectivity index (χ4n) is 3.98. The van der Waals surface area contributed by atoms with E-state index in [1.54, 1.807) is 30.3 Å². The van der Waals surface area contributed by atoms with Crippen molar-refractivity contribution >= 4 is 17.5 Å². The summed E-state index contributed by atoms with van der Waals surface area (Å²) in [6, 6.07) is 9.36. The zero-order valence-electron chi connectivity index (χ0n) is 16.2. The highest BCUT2D eigenvalue weighted by Crippen LogP contribution is 2.40. The van der Waals surface area contributed by atoms with E-state index in [0.29, 0.717) is 34.9 Å². The number of hydrogen-bond donors (Lipinski definition) is 3. The average Bonchev–Trinajstić information content (AvgIpc) is 3.00. The van der Waals surface area contributed by atoms with Crippen molar-refractivity contribution in [3.63, 3.8) is 0 Å². The minimum absolute atomic E-state index is 0.127. The second-order valence-electron chi connectivity index (χ2n) is 7.79. The van der Waals surface area contributed by atoms with E-state index < -0.39 is 5.23 Å². The molecular formula is C22H24N2O5. The van der Waals surface area contributed by atoms with Gasteiger partial charge in [-0.15, -0.1) is 0 Å². The number of likely N-dealkylation sites (tertiary alicyclic amines) is 1. The number of benzene rings is 2. The molecule has 7 nitrogen and oxygen atoms in total. The summed E-state index contributed by atoms with van der Waals surface area (Å²) in [5, 5.41) is 29.4. The minimum atomic E-state index is -1.00. The van der Waals surface area contributed by atoms with Gasteiger partial charge in [0.15, 0.2) is 11.4 Å². The predicted molar refractivity (Wildman–Crippen MR) is 107 cm³/mol. The minimum Gasteiger partial charge on any atom is -0.595 e. The van der Waals surface area contributed by atoms with Crippen molar-refractivity contribution in [1.29, 1.82) is 0 Å². The Bertz CT molecular complexity index is 952. The highest BCUT2D eigenvalue weighted by Gasteiger charge is 2.32. The Hall–Kier alpha value is -2.71. The molecule has 1 fully saturated rings. The van der Waals surface area contributed by atoms with Crippen LogP contribution in [0.15, 0.2) is 42.2 Å². The summed E-state index contributed by atoms with van der Waals surface area (Å²) in [4.78, 5) is 15.1. The van der Waals surface area contributed by atoms with Crippen LogP contribution in [0.5, 0.6) is 11.5 Å². The van der Waals surface area contributed by atoms with Crippen molar-refractivity contribution in [2.75, 3.05) is 13.1 Å². The topological polar surface area (TPSA) is 97.5 Å². The van der Waals surface area contributed by atoms with Gasteiger partial charge in [0, 0.05) is 25.2 Å². The number of quaternary nitrogens is 1. The van der Waals surface area contributed by atoms with Crippen LogP contribution in [0.1, 0.15) is 41.3 Å². The molecule has 0 saturated carbocycles. The normalized spacial score (nSPS) is 21.8. The number of piperidine rings is 1. The number of nitrogens with zero attached hydrogens (tertiary/aromatic N) is 1. The molecule has 4 rings (SSSR count). The van der Waals surface area contributed by atoms with Crippen LogP contribution < -0.4 is 9.96 Å². The molecule has 152 valence electrons. The summed E-state index contributed by atoms with van der Waals surface area (Å²) < 4.78 is 5.89. The smallest absolute Gasteiger partial charge is 0.231 e. The standard InChI is InChI=1S/C22H24N2O5/c1-14-3-2-10-23(12-14)13-18-19(25)9-8-17-21(26)20(29-22(17)18)11-15-4-6-16(7-5-15)24(27)28/h4-9,11,14,24-25,27H,2-3,10,12-13H2,1H3/t14-/m1/s1. The molecule has 7 heteroatoms. The maximum absolute atomic E-state index is 12.8. The lowest BCUT2D eigenvalue weighted by Crippen LogP contribution is -2.99. The maximum atomic E-state index is 12.8. The lowest BCUT2D eigenvalue weighted by Gasteiger charge is -2.31. The predicted octanol–water partition coefficient (Wildman–Crippen LogP) is 2.64. The van der Waals surface area contributed by atoms with Crippen molar-refractivity contribution in [3.8, 4) is 11.5 Å². The number of allylic oxidation sites excluding steroid dienone is 1. The summed E-state index contributed by atoms with van der Waals surface area (Å²) in [5.41, 5.74) is 1.92. The van der Waals surface area contributed by atoms with Crippen molar-refractivity contribution < 1.29 is 25.1 Å². The van der Waals surface area contributed by atoms with Gasteiger partial charge in [-0.25, -0.2) is 5.21 Å². The molecule has 2 aromatic rings. The van der Waals surface area contributed by atoms with Crippen molar-refractivity contribution in [1.82, 2.24) is 4.90 Å². The molecular weight excluding hydrogens is 372 g/mol. The van der Waals surface area contributed by atoms with Crippen LogP contribution in [0.2, 0.25) is 0 Å². The van der Waals surface area contributed by atoms with Gasteiger partial charge in [-0.3, -0.25) is 9.69 Å². The fourth-order valence-corrected chi connectivity index (χ4v) is 3.98. The first kappa shape index (κ1) is 19.6. The van der Waals surface area contributed by atoms with E-state index in [9.17, 15) is 15.1 Å². The molecule has 0 spiro atoms. The molecule has 0 amide bonds. The zero-order chi connectivity index (χ0) is 20.5. The van der Waals surface area contributed by atoms with Gasteiger partial charge in [-0.05, 0) is 61.2 Å². The Morgan fingerprint density at radius 2 is 2.03 bits per heavy atom. The van der Waals surface area contributed by atoms with Gasteiger partial charge in [0.1, 0.15) is 11.5 Å². The molecule has 3 N–H and O–H groups in total. The summed E-state index contributed by atoms with van der Waals surface area (Å²) >= 11 is 0. The van der Waals surface area contributed by atoms with E-state index in [4.69, 9.17) is 9.94 Å². The quantitative estimate of drug-likeness (QED) is 0.543. The number of aromatic hydroxyl groups is 1. The highest BCUT2D eigenvalue weighted by atomic mass is 16.8. The van der Waals surface area contributed by atoms with Crippen LogP contribution in [0.25, 0.3) is 6.08 Å². The summed E-state index contributed by atoms with van der Waals surface area (Å²) in [6.45, 7) is 4.67. The lowest BCUT2D eigenvalue weighted by molar-refractivity contribution is -0.991. The molecule has 1 unspecified atom stereocenters. The fraction of sp³-hybridized carbons (Fsp3) is 0.318. The van der Waals surface area contributed by atoms with Gasteiger partial charge in [0.25, 0.3) is 0 Å². The van der Waals surface area contributed by atoms with Gasteiger partial charge in [0.2, 0.25) is 5.78 Å². The summed E-state index contributed by atoms with van der Waals surface area (Å²) in [5.74, 6) is 1.08. The molecule has 2 aliphatic heterocycles. The molecule has 0 aliphatic carbocycles. The summed E-state index contributed by atoms with van der Waals surface area (Å²) in [7, 11) is 0. The van der Waals surface area contributed by atoms with Crippen molar-refractivity contribution in [3.05, 3.63) is 64.1 Å². The number of phenols is 1. The van der Waals surface area contributed by atoms with Gasteiger partial charge in [-0.2, -0.15) is 5.23 Å². The number of ether oxygens (including phenoxy) is 1. The Balaban J connectivity index is 1.60. The molecule has 0 radical (unpaired) electrons. The highest BCUT2D eigenvalue weighted by molar-refractivity contribution is 6.15. The van der Waals surface area contributed by atoms with Gasteiger partial charge < -0.3 is 15.1 Å². The first-order valence-corrected chi connectivity index (χ1v) is 9.77. The van der Waals surface area contributed by atoms with Crippen LogP contribution in [0, 0.1) is 11.1 Å². The molecule has 2 aromatic carbocycles. The van der Waals surface area contributed by atoms with E-state index in [1.165, 1.54) is 18.6 Å². The number of hydrogen-bond acceptors (Lipinski definition) is 6. The second kappa shape index (κ2) is 7.96. The third-order valence-electron chi connectivity index (χ3n) is 5.49. The Morgan fingerprint density at radius 1 is 1.28 bits per heavy atom. The van der Waals surface area contributed by atoms with E-state index >= 15 is 0 Å². The molecule has 1 saturated heterocycles. The van der Waals surface area contributed by atoms with E-state index in [2.05, 4.69) is 11.8 Å². The number of phenolic OH excluding ortho intramolecular Hbond substituents is 1. The van der Waals surface area contributed by atoms with Crippen LogP contribution in [-0.4, -0.2) is 34.1 Å². The van der Waals surface area contributed by atoms with Gasteiger partial charge in [-0.1, -0.05) is 6.92 Å². The number of carbonyl (C=O) groups is 1. The lowest BCUT2D eigenvalue weighted by atomic mass is 9.99. The van der Waals surface area contributed by atoms with E-state index in [0.717, 1.165) is 19.5 Å².